The number of hydrogen-bond donors (Lipinski definition) is 1. The first-order valence-corrected chi connectivity index (χ1v) is 6.71. The highest BCUT2D eigenvalue weighted by Gasteiger charge is 2.13. The summed E-state index contributed by atoms with van der Waals surface area (Å²) < 4.78 is 20.7. The summed E-state index contributed by atoms with van der Waals surface area (Å²) in [6.45, 7) is 5.62. The van der Waals surface area contributed by atoms with Crippen LogP contribution in [0.2, 0.25) is 0 Å². The van der Waals surface area contributed by atoms with Crippen LogP contribution in [0.1, 0.15) is 31.1 Å². The topological polar surface area (TPSA) is 39.1 Å². The number of rotatable bonds is 6. The highest BCUT2D eigenvalue weighted by atomic mass is 19.1. The molecular weight excluding hydrogens is 257 g/mol. The first kappa shape index (κ1) is 14.5. The zero-order chi connectivity index (χ0) is 14.5. The Bertz CT molecular complexity index is 568. The van der Waals surface area contributed by atoms with Gasteiger partial charge in [-0.1, -0.05) is 0 Å². The number of benzene rings is 1. The standard InChI is InChI=1S/C15H20FN3O/c1-4-19-10-17-8-13(19)9-18-11(2)14-7-12(16)5-6-15(14)20-3/h5-8,10-11,18H,4,9H2,1-3H3. The lowest BCUT2D eigenvalue weighted by molar-refractivity contribution is 0.399. The SMILES string of the molecule is CCn1cncc1CNC(C)c1cc(F)ccc1OC. The van der Waals surface area contributed by atoms with Crippen molar-refractivity contribution in [3.63, 3.8) is 0 Å². The third kappa shape index (κ3) is 3.17. The first-order chi connectivity index (χ1) is 9.65. The molecule has 0 spiro atoms. The molecule has 5 heteroatoms. The Morgan fingerprint density at radius 2 is 2.25 bits per heavy atom. The fourth-order valence-corrected chi connectivity index (χ4v) is 2.19. The maximum Gasteiger partial charge on any atom is 0.123 e. The lowest BCUT2D eigenvalue weighted by Gasteiger charge is -2.17. The van der Waals surface area contributed by atoms with E-state index in [0.29, 0.717) is 12.3 Å². The number of ether oxygens (including phenoxy) is 1. The maximum atomic E-state index is 13.4. The van der Waals surface area contributed by atoms with Crippen molar-refractivity contribution in [2.24, 2.45) is 0 Å². The largest absolute Gasteiger partial charge is 0.496 e. The van der Waals surface area contributed by atoms with Gasteiger partial charge in [-0.3, -0.25) is 0 Å². The lowest BCUT2D eigenvalue weighted by atomic mass is 10.1. The van der Waals surface area contributed by atoms with Crippen molar-refractivity contribution < 1.29 is 9.13 Å². The number of halogens is 1. The molecule has 1 atom stereocenters. The molecule has 2 rings (SSSR count). The minimum Gasteiger partial charge on any atom is -0.496 e. The predicted molar refractivity (Wildman–Crippen MR) is 76.1 cm³/mol. The monoisotopic (exact) mass is 277 g/mol. The van der Waals surface area contributed by atoms with E-state index >= 15 is 0 Å². The Morgan fingerprint density at radius 3 is 2.95 bits per heavy atom. The van der Waals surface area contributed by atoms with Crippen molar-refractivity contribution in [3.05, 3.63) is 47.8 Å². The normalized spacial score (nSPS) is 12.4. The second-order valence-electron chi connectivity index (χ2n) is 4.66. The van der Waals surface area contributed by atoms with Crippen molar-refractivity contribution in [2.75, 3.05) is 7.11 Å². The van der Waals surface area contributed by atoms with Crippen LogP contribution in [0, 0.1) is 5.82 Å². The number of nitrogens with zero attached hydrogens (tertiary/aromatic N) is 2. The van der Waals surface area contributed by atoms with Crippen LogP contribution in [-0.4, -0.2) is 16.7 Å². The summed E-state index contributed by atoms with van der Waals surface area (Å²) in [6, 6.07) is 4.55. The van der Waals surface area contributed by atoms with Gasteiger partial charge in [0.15, 0.2) is 0 Å². The molecule has 1 N–H and O–H groups in total. The zero-order valence-corrected chi connectivity index (χ0v) is 12.1. The highest BCUT2D eigenvalue weighted by Crippen LogP contribution is 2.25. The van der Waals surface area contributed by atoms with Crippen LogP contribution in [0.4, 0.5) is 4.39 Å². The van der Waals surface area contributed by atoms with Crippen LogP contribution >= 0.6 is 0 Å². The van der Waals surface area contributed by atoms with Gasteiger partial charge in [0.25, 0.3) is 0 Å². The molecule has 0 saturated heterocycles. The van der Waals surface area contributed by atoms with E-state index in [1.54, 1.807) is 13.2 Å². The van der Waals surface area contributed by atoms with E-state index in [0.717, 1.165) is 17.8 Å². The van der Waals surface area contributed by atoms with E-state index in [1.807, 2.05) is 19.4 Å². The molecule has 20 heavy (non-hydrogen) atoms. The molecule has 2 aromatic rings. The van der Waals surface area contributed by atoms with Crippen LogP contribution in [0.3, 0.4) is 0 Å². The number of aryl methyl sites for hydroxylation is 1. The lowest BCUT2D eigenvalue weighted by Crippen LogP contribution is -2.20. The highest BCUT2D eigenvalue weighted by molar-refractivity contribution is 5.36. The van der Waals surface area contributed by atoms with Gasteiger partial charge in [0, 0.05) is 30.9 Å². The summed E-state index contributed by atoms with van der Waals surface area (Å²) in [5.41, 5.74) is 1.92. The van der Waals surface area contributed by atoms with Gasteiger partial charge in [-0.25, -0.2) is 9.37 Å². The van der Waals surface area contributed by atoms with Crippen molar-refractivity contribution in [1.82, 2.24) is 14.9 Å². The Labute approximate surface area is 118 Å². The Kier molecular flexibility index (Phi) is 4.74. The molecule has 108 valence electrons. The van der Waals surface area contributed by atoms with E-state index in [1.165, 1.54) is 12.1 Å². The van der Waals surface area contributed by atoms with Crippen molar-refractivity contribution in [1.29, 1.82) is 0 Å². The molecule has 0 bridgehead atoms. The molecule has 0 aliphatic rings. The van der Waals surface area contributed by atoms with E-state index in [9.17, 15) is 4.39 Å². The summed E-state index contributed by atoms with van der Waals surface area (Å²) in [6.07, 6.45) is 3.65. The summed E-state index contributed by atoms with van der Waals surface area (Å²) >= 11 is 0. The smallest absolute Gasteiger partial charge is 0.123 e. The molecule has 0 aliphatic heterocycles. The molecule has 0 amide bonds. The van der Waals surface area contributed by atoms with Crippen molar-refractivity contribution in [2.45, 2.75) is 33.0 Å². The average Bonchev–Trinajstić information content (AvgIpc) is 2.92. The van der Waals surface area contributed by atoms with Gasteiger partial charge >= 0.3 is 0 Å². The average molecular weight is 277 g/mol. The Hall–Kier alpha value is -1.88. The number of aromatic nitrogens is 2. The predicted octanol–water partition coefficient (Wildman–Crippen LogP) is 2.90. The quantitative estimate of drug-likeness (QED) is 0.882. The first-order valence-electron chi connectivity index (χ1n) is 6.71. The van der Waals surface area contributed by atoms with Crippen LogP contribution in [0.25, 0.3) is 0 Å². The summed E-state index contributed by atoms with van der Waals surface area (Å²) in [7, 11) is 1.59. The molecule has 0 fully saturated rings. The molecule has 1 heterocycles. The van der Waals surface area contributed by atoms with Gasteiger partial charge in [-0.05, 0) is 32.0 Å². The van der Waals surface area contributed by atoms with Gasteiger partial charge in [-0.2, -0.15) is 0 Å². The minimum absolute atomic E-state index is 0.0131. The van der Waals surface area contributed by atoms with Crippen LogP contribution in [0.5, 0.6) is 5.75 Å². The fraction of sp³-hybridized carbons (Fsp3) is 0.400. The molecule has 1 aromatic heterocycles. The Morgan fingerprint density at radius 1 is 1.45 bits per heavy atom. The molecule has 1 aromatic carbocycles. The van der Waals surface area contributed by atoms with Crippen LogP contribution in [0.15, 0.2) is 30.7 Å². The van der Waals surface area contributed by atoms with Gasteiger partial charge in [0.2, 0.25) is 0 Å². The van der Waals surface area contributed by atoms with Gasteiger partial charge in [0.1, 0.15) is 11.6 Å². The number of imidazole rings is 1. The zero-order valence-electron chi connectivity index (χ0n) is 12.1. The van der Waals surface area contributed by atoms with E-state index < -0.39 is 0 Å². The summed E-state index contributed by atoms with van der Waals surface area (Å²) in [5, 5.41) is 3.37. The van der Waals surface area contributed by atoms with Crippen LogP contribution < -0.4 is 10.1 Å². The third-order valence-electron chi connectivity index (χ3n) is 3.39. The molecular formula is C15H20FN3O. The maximum absolute atomic E-state index is 13.4. The number of hydrogen-bond acceptors (Lipinski definition) is 3. The molecule has 0 radical (unpaired) electrons. The van der Waals surface area contributed by atoms with E-state index in [2.05, 4.69) is 21.8 Å². The van der Waals surface area contributed by atoms with Crippen molar-refractivity contribution >= 4 is 0 Å². The molecule has 1 unspecified atom stereocenters. The minimum atomic E-state index is -0.256. The van der Waals surface area contributed by atoms with Crippen LogP contribution in [-0.2, 0) is 13.1 Å². The molecule has 0 aliphatic carbocycles. The third-order valence-corrected chi connectivity index (χ3v) is 3.39. The second kappa shape index (κ2) is 6.52. The second-order valence-corrected chi connectivity index (χ2v) is 4.66. The molecule has 4 nitrogen and oxygen atoms in total. The van der Waals surface area contributed by atoms with E-state index in [-0.39, 0.29) is 11.9 Å². The summed E-state index contributed by atoms with van der Waals surface area (Å²) in [5.74, 6) is 0.434. The number of methoxy groups -OCH3 is 1. The van der Waals surface area contributed by atoms with Gasteiger partial charge < -0.3 is 14.6 Å². The number of nitrogens with one attached hydrogen (secondary N) is 1. The molecule has 0 saturated carbocycles. The fourth-order valence-electron chi connectivity index (χ4n) is 2.19. The van der Waals surface area contributed by atoms with Crippen molar-refractivity contribution in [3.8, 4) is 5.75 Å². The Balaban J connectivity index is 2.08. The van der Waals surface area contributed by atoms with E-state index in [4.69, 9.17) is 4.74 Å². The van der Waals surface area contributed by atoms with Gasteiger partial charge in [-0.15, -0.1) is 0 Å². The van der Waals surface area contributed by atoms with Gasteiger partial charge in [0.05, 0.1) is 19.1 Å². The summed E-state index contributed by atoms with van der Waals surface area (Å²) in [4.78, 5) is 4.13.